The van der Waals surface area contributed by atoms with Gasteiger partial charge < -0.3 is 10.2 Å². The zero-order chi connectivity index (χ0) is 11.4. The van der Waals surface area contributed by atoms with Crippen molar-refractivity contribution in [2.75, 3.05) is 25.0 Å². The molecule has 1 aliphatic heterocycles. The molecule has 1 aromatic heterocycles. The van der Waals surface area contributed by atoms with Crippen LogP contribution in [-0.2, 0) is 0 Å². The molecule has 5 heteroatoms. The van der Waals surface area contributed by atoms with Crippen LogP contribution >= 0.6 is 0 Å². The Hall–Kier alpha value is -1.67. The lowest BCUT2D eigenvalue weighted by Gasteiger charge is -2.22. The Labute approximate surface area is 95.1 Å². The van der Waals surface area contributed by atoms with E-state index in [4.69, 9.17) is 5.26 Å². The van der Waals surface area contributed by atoms with Crippen LogP contribution in [0.25, 0.3) is 0 Å². The molecule has 2 rings (SSSR count). The summed E-state index contributed by atoms with van der Waals surface area (Å²) in [4.78, 5) is 10.2. The van der Waals surface area contributed by atoms with E-state index in [0.717, 1.165) is 13.1 Å². The number of hydrogen-bond acceptors (Lipinski definition) is 5. The van der Waals surface area contributed by atoms with Crippen LogP contribution in [0.4, 0.5) is 5.82 Å². The molecule has 1 fully saturated rings. The molecule has 84 valence electrons. The topological polar surface area (TPSA) is 64.8 Å². The Balaban J connectivity index is 2.08. The van der Waals surface area contributed by atoms with Crippen LogP contribution < -0.4 is 10.2 Å². The van der Waals surface area contributed by atoms with Gasteiger partial charge in [0.2, 0.25) is 0 Å². The third-order valence-electron chi connectivity index (χ3n) is 2.80. The molecule has 0 amide bonds. The van der Waals surface area contributed by atoms with Crippen LogP contribution in [0.5, 0.6) is 0 Å². The van der Waals surface area contributed by atoms with Crippen molar-refractivity contribution in [3.05, 3.63) is 18.1 Å². The van der Waals surface area contributed by atoms with Gasteiger partial charge in [-0.25, -0.2) is 9.97 Å². The maximum absolute atomic E-state index is 8.93. The van der Waals surface area contributed by atoms with E-state index in [0.29, 0.717) is 17.6 Å². The monoisotopic (exact) mass is 217 g/mol. The van der Waals surface area contributed by atoms with Gasteiger partial charge in [0.05, 0.1) is 0 Å². The Kier molecular flexibility index (Phi) is 3.32. The number of nitriles is 1. The van der Waals surface area contributed by atoms with Crippen LogP contribution in [0.2, 0.25) is 0 Å². The van der Waals surface area contributed by atoms with E-state index in [-0.39, 0.29) is 0 Å². The van der Waals surface area contributed by atoms with E-state index in [1.54, 1.807) is 12.4 Å². The second kappa shape index (κ2) is 4.90. The van der Waals surface area contributed by atoms with Crippen LogP contribution in [0.15, 0.2) is 12.4 Å². The highest BCUT2D eigenvalue weighted by Gasteiger charge is 2.18. The number of likely N-dealkylation sites (N-methyl/N-ethyl adjacent to an activating group) is 1. The highest BCUT2D eigenvalue weighted by atomic mass is 15.2. The zero-order valence-electron chi connectivity index (χ0n) is 9.35. The molecule has 1 N–H and O–H groups in total. The molecule has 2 heterocycles. The third-order valence-corrected chi connectivity index (χ3v) is 2.80. The standard InChI is InChI=1S/C11H15N5/c1-16(8-9-3-2-4-13-9)11-10(7-12)14-5-6-15-11/h5-6,9,13H,2-4,8H2,1H3. The van der Waals surface area contributed by atoms with Crippen molar-refractivity contribution < 1.29 is 0 Å². The van der Waals surface area contributed by atoms with Gasteiger partial charge in [0, 0.05) is 32.0 Å². The van der Waals surface area contributed by atoms with E-state index in [1.807, 2.05) is 11.9 Å². The molecule has 0 aromatic carbocycles. The molecule has 1 aromatic rings. The van der Waals surface area contributed by atoms with Crippen molar-refractivity contribution in [3.8, 4) is 6.07 Å². The fourth-order valence-electron chi connectivity index (χ4n) is 2.02. The maximum Gasteiger partial charge on any atom is 0.183 e. The third kappa shape index (κ3) is 2.28. The Morgan fingerprint density at radius 2 is 2.38 bits per heavy atom. The summed E-state index contributed by atoms with van der Waals surface area (Å²) >= 11 is 0. The number of hydrogen-bond donors (Lipinski definition) is 1. The molecule has 5 nitrogen and oxygen atoms in total. The fraction of sp³-hybridized carbons (Fsp3) is 0.545. The quantitative estimate of drug-likeness (QED) is 0.800. The molecule has 0 aliphatic carbocycles. The molecule has 0 radical (unpaired) electrons. The summed E-state index contributed by atoms with van der Waals surface area (Å²) in [6.07, 6.45) is 5.58. The molecule has 1 saturated heterocycles. The van der Waals surface area contributed by atoms with Gasteiger partial charge in [0.15, 0.2) is 11.5 Å². The Morgan fingerprint density at radius 3 is 3.06 bits per heavy atom. The molecule has 1 unspecified atom stereocenters. The number of nitrogens with zero attached hydrogens (tertiary/aromatic N) is 4. The molecule has 16 heavy (non-hydrogen) atoms. The average Bonchev–Trinajstić information content (AvgIpc) is 2.81. The minimum Gasteiger partial charge on any atom is -0.356 e. The summed E-state index contributed by atoms with van der Waals surface area (Å²) in [5.74, 6) is 0.665. The van der Waals surface area contributed by atoms with E-state index in [2.05, 4.69) is 21.4 Å². The van der Waals surface area contributed by atoms with E-state index < -0.39 is 0 Å². The first-order valence-corrected chi connectivity index (χ1v) is 5.47. The summed E-state index contributed by atoms with van der Waals surface area (Å²) in [7, 11) is 1.95. The van der Waals surface area contributed by atoms with Crippen LogP contribution in [0, 0.1) is 11.3 Å². The van der Waals surface area contributed by atoms with Gasteiger partial charge in [-0.15, -0.1) is 0 Å². The second-order valence-electron chi connectivity index (χ2n) is 4.01. The summed E-state index contributed by atoms with van der Waals surface area (Å²) in [5, 5.41) is 12.4. The van der Waals surface area contributed by atoms with Crippen molar-refractivity contribution in [1.82, 2.24) is 15.3 Å². The molecule has 1 atom stereocenters. The first kappa shape index (κ1) is 10.8. The van der Waals surface area contributed by atoms with Gasteiger partial charge in [-0.1, -0.05) is 0 Å². The van der Waals surface area contributed by atoms with E-state index in [1.165, 1.54) is 12.8 Å². The minimum absolute atomic E-state index is 0.392. The summed E-state index contributed by atoms with van der Waals surface area (Å²) in [6.45, 7) is 1.96. The highest BCUT2D eigenvalue weighted by Crippen LogP contribution is 2.14. The van der Waals surface area contributed by atoms with Gasteiger partial charge in [-0.2, -0.15) is 5.26 Å². The maximum atomic E-state index is 8.93. The fourth-order valence-corrected chi connectivity index (χ4v) is 2.02. The van der Waals surface area contributed by atoms with Crippen LogP contribution in [0.3, 0.4) is 0 Å². The van der Waals surface area contributed by atoms with Gasteiger partial charge in [0.1, 0.15) is 6.07 Å². The van der Waals surface area contributed by atoms with Crippen molar-refractivity contribution in [2.24, 2.45) is 0 Å². The van der Waals surface area contributed by atoms with Crippen LogP contribution in [0.1, 0.15) is 18.5 Å². The number of anilines is 1. The number of nitrogens with one attached hydrogen (secondary N) is 1. The van der Waals surface area contributed by atoms with E-state index >= 15 is 0 Å². The molecule has 1 aliphatic rings. The predicted molar refractivity (Wildman–Crippen MR) is 61.0 cm³/mol. The molecule has 0 saturated carbocycles. The number of aromatic nitrogens is 2. The van der Waals surface area contributed by atoms with Crippen LogP contribution in [-0.4, -0.2) is 36.1 Å². The van der Waals surface area contributed by atoms with Gasteiger partial charge >= 0.3 is 0 Å². The van der Waals surface area contributed by atoms with E-state index in [9.17, 15) is 0 Å². The largest absolute Gasteiger partial charge is 0.356 e. The normalized spacial score (nSPS) is 19.4. The minimum atomic E-state index is 0.392. The lowest BCUT2D eigenvalue weighted by atomic mass is 10.2. The van der Waals surface area contributed by atoms with Gasteiger partial charge in [-0.3, -0.25) is 0 Å². The first-order chi connectivity index (χ1) is 7.81. The number of rotatable bonds is 3. The summed E-state index contributed by atoms with van der Waals surface area (Å²) in [6, 6.07) is 2.56. The summed E-state index contributed by atoms with van der Waals surface area (Å²) in [5.41, 5.74) is 0.392. The zero-order valence-corrected chi connectivity index (χ0v) is 9.35. The average molecular weight is 217 g/mol. The van der Waals surface area contributed by atoms with Crippen molar-refractivity contribution in [2.45, 2.75) is 18.9 Å². The molecule has 0 bridgehead atoms. The lowest BCUT2D eigenvalue weighted by molar-refractivity contribution is 0.596. The first-order valence-electron chi connectivity index (χ1n) is 5.47. The Bertz CT molecular complexity index is 392. The second-order valence-corrected chi connectivity index (χ2v) is 4.01. The summed E-state index contributed by atoms with van der Waals surface area (Å²) < 4.78 is 0. The smallest absolute Gasteiger partial charge is 0.183 e. The highest BCUT2D eigenvalue weighted by molar-refractivity contribution is 5.48. The van der Waals surface area contributed by atoms with Crippen molar-refractivity contribution >= 4 is 5.82 Å². The SMILES string of the molecule is CN(CC1CCCN1)c1nccnc1C#N. The molecular formula is C11H15N5. The van der Waals surface area contributed by atoms with Gasteiger partial charge in [0.25, 0.3) is 0 Å². The van der Waals surface area contributed by atoms with Gasteiger partial charge in [-0.05, 0) is 19.4 Å². The Morgan fingerprint density at radius 1 is 1.56 bits per heavy atom. The van der Waals surface area contributed by atoms with Crippen molar-refractivity contribution in [3.63, 3.8) is 0 Å². The molecule has 0 spiro atoms. The predicted octanol–water partition coefficient (Wildman–Crippen LogP) is 0.536. The molecular weight excluding hydrogens is 202 g/mol. The lowest BCUT2D eigenvalue weighted by Crippen LogP contribution is -2.36. The van der Waals surface area contributed by atoms with Crippen molar-refractivity contribution in [1.29, 1.82) is 5.26 Å².